The summed E-state index contributed by atoms with van der Waals surface area (Å²) in [7, 11) is 1.47. The summed E-state index contributed by atoms with van der Waals surface area (Å²) in [4.78, 5) is 31.2. The summed E-state index contributed by atoms with van der Waals surface area (Å²) in [5.74, 6) is -0.315. The van der Waals surface area contributed by atoms with Crippen molar-refractivity contribution in [3.8, 4) is 5.75 Å². The molecule has 4 rings (SSSR count). The minimum atomic E-state index is -0.570. The van der Waals surface area contributed by atoms with Crippen molar-refractivity contribution in [1.29, 1.82) is 0 Å². The van der Waals surface area contributed by atoms with Crippen LogP contribution in [-0.4, -0.2) is 58.4 Å². The van der Waals surface area contributed by atoms with Crippen LogP contribution in [-0.2, 0) is 4.79 Å². The molecule has 1 aliphatic rings. The Labute approximate surface area is 227 Å². The van der Waals surface area contributed by atoms with Crippen molar-refractivity contribution in [2.75, 3.05) is 50.1 Å². The van der Waals surface area contributed by atoms with Gasteiger partial charge in [-0.25, -0.2) is 12.5 Å². The molecule has 1 aliphatic heterocycles. The Morgan fingerprint density at radius 1 is 1.22 bits per heavy atom. The summed E-state index contributed by atoms with van der Waals surface area (Å²) in [5.41, 5.74) is 0.688. The van der Waals surface area contributed by atoms with E-state index in [4.69, 9.17) is 16.3 Å². The molecule has 12 heteroatoms. The van der Waals surface area contributed by atoms with Crippen molar-refractivity contribution in [2.24, 2.45) is 0 Å². The molecule has 0 aliphatic carbocycles. The van der Waals surface area contributed by atoms with Crippen LogP contribution in [0, 0.1) is 5.82 Å². The average Bonchev–Trinajstić information content (AvgIpc) is 2.86. The third kappa shape index (κ3) is 5.52. The first kappa shape index (κ1) is 26.4. The molecule has 9 nitrogen and oxygen atoms in total. The van der Waals surface area contributed by atoms with Gasteiger partial charge in [0.1, 0.15) is 5.82 Å². The zero-order chi connectivity index (χ0) is 26.0. The number of ether oxygens (including phenoxy) is 1. The second kappa shape index (κ2) is 11.2. The predicted molar refractivity (Wildman–Crippen MR) is 148 cm³/mol. The van der Waals surface area contributed by atoms with Crippen molar-refractivity contribution in [3.05, 3.63) is 51.7 Å². The third-order valence-electron chi connectivity index (χ3n) is 5.93. The van der Waals surface area contributed by atoms with Crippen LogP contribution in [0.25, 0.3) is 10.9 Å². The van der Waals surface area contributed by atoms with Gasteiger partial charge in [0.05, 0.1) is 28.1 Å². The van der Waals surface area contributed by atoms with Crippen molar-refractivity contribution in [3.63, 3.8) is 0 Å². The number of halogens is 3. The van der Waals surface area contributed by atoms with Gasteiger partial charge in [-0.2, -0.15) is 0 Å². The summed E-state index contributed by atoms with van der Waals surface area (Å²) >= 11 is 8.70. The smallest absolute Gasteiger partial charge is 0.293 e. The Morgan fingerprint density at radius 3 is 2.61 bits per heavy atom. The van der Waals surface area contributed by atoms with Gasteiger partial charge in [-0.15, -0.1) is 0 Å². The Kier molecular flexibility index (Phi) is 8.20. The molecule has 36 heavy (non-hydrogen) atoms. The third-order valence-corrected chi connectivity index (χ3v) is 7.20. The van der Waals surface area contributed by atoms with Crippen molar-refractivity contribution in [1.82, 2.24) is 18.0 Å². The molecular weight excluding hydrogens is 602 g/mol. The van der Waals surface area contributed by atoms with Crippen molar-refractivity contribution < 1.29 is 13.9 Å². The summed E-state index contributed by atoms with van der Waals surface area (Å²) in [5, 5.41) is 6.06. The lowest BCUT2D eigenvalue weighted by Gasteiger charge is -2.32. The first-order chi connectivity index (χ1) is 17.2. The maximum atomic E-state index is 15.8. The first-order valence-corrected chi connectivity index (χ1v) is 12.8. The Hall–Kier alpha value is -2.64. The van der Waals surface area contributed by atoms with E-state index in [0.29, 0.717) is 16.2 Å². The SMILES string of the molecule is CNC(=O)COc1cc2c(F)c(Nc3cc(N4CCN(I)CC4)ncc3Cl)ccc2n(C(C)C)c1=O. The topological polar surface area (TPSA) is 91.7 Å². The largest absolute Gasteiger partial charge is 0.478 e. The highest BCUT2D eigenvalue weighted by Crippen LogP contribution is 2.33. The molecule has 0 saturated carbocycles. The van der Waals surface area contributed by atoms with E-state index in [9.17, 15) is 9.59 Å². The number of hydrogen-bond donors (Lipinski definition) is 2. The van der Waals surface area contributed by atoms with Crippen LogP contribution in [0.3, 0.4) is 0 Å². The number of amides is 1. The summed E-state index contributed by atoms with van der Waals surface area (Å²) in [6.07, 6.45) is 1.55. The van der Waals surface area contributed by atoms with Gasteiger partial charge >= 0.3 is 0 Å². The van der Waals surface area contributed by atoms with E-state index in [0.717, 1.165) is 32.0 Å². The number of fused-ring (bicyclic) bond motifs is 1. The standard InChI is InChI=1S/C24H27ClFIN6O3/c1-14(2)33-19-5-4-17(23(26)15(19)10-20(24(33)35)36-13-22(34)28-3)30-18-11-21(29-12-16(18)25)31-6-8-32(27)9-7-31/h4-5,10-12,14H,6-9,13H2,1-3H3,(H,28,34)(H,29,30). The lowest BCUT2D eigenvalue weighted by molar-refractivity contribution is -0.122. The Morgan fingerprint density at radius 2 is 1.94 bits per heavy atom. The average molecular weight is 629 g/mol. The number of aromatic nitrogens is 2. The zero-order valence-corrected chi connectivity index (χ0v) is 23.1. The number of hydrogen-bond acceptors (Lipinski definition) is 7. The summed E-state index contributed by atoms with van der Waals surface area (Å²) < 4.78 is 24.9. The number of likely N-dealkylation sites (N-methyl/N-ethyl adjacent to an activating group) is 1. The van der Waals surface area contributed by atoms with E-state index in [1.165, 1.54) is 17.7 Å². The quantitative estimate of drug-likeness (QED) is 0.301. The number of nitrogens with zero attached hydrogens (tertiary/aromatic N) is 4. The molecule has 1 fully saturated rings. The lowest BCUT2D eigenvalue weighted by Crippen LogP contribution is -2.42. The number of rotatable bonds is 7. The molecule has 0 radical (unpaired) electrons. The molecule has 1 saturated heterocycles. The van der Waals surface area contributed by atoms with Gasteiger partial charge < -0.3 is 24.8 Å². The highest BCUT2D eigenvalue weighted by atomic mass is 127. The number of carbonyl (C=O) groups excluding carboxylic acids is 1. The van der Waals surface area contributed by atoms with E-state index in [-0.39, 0.29) is 29.5 Å². The van der Waals surface area contributed by atoms with Gasteiger partial charge in [-0.1, -0.05) is 11.6 Å². The second-order valence-corrected chi connectivity index (χ2v) is 10.4. The molecule has 3 aromatic rings. The molecule has 2 aromatic heterocycles. The Balaban J connectivity index is 1.72. The number of carbonyl (C=O) groups is 1. The molecule has 0 unspecified atom stereocenters. The maximum absolute atomic E-state index is 15.8. The van der Waals surface area contributed by atoms with E-state index in [1.807, 2.05) is 19.9 Å². The van der Waals surface area contributed by atoms with E-state index >= 15 is 4.39 Å². The van der Waals surface area contributed by atoms with Crippen LogP contribution >= 0.6 is 34.5 Å². The van der Waals surface area contributed by atoms with E-state index in [1.54, 1.807) is 18.3 Å². The number of pyridine rings is 2. The molecule has 192 valence electrons. The Bertz CT molecular complexity index is 1340. The molecule has 0 bridgehead atoms. The molecule has 1 aromatic carbocycles. The van der Waals surface area contributed by atoms with Crippen LogP contribution in [0.1, 0.15) is 19.9 Å². The van der Waals surface area contributed by atoms with Gasteiger partial charge in [-0.05, 0) is 32.0 Å². The maximum Gasteiger partial charge on any atom is 0.293 e. The fraction of sp³-hybridized carbons (Fsp3) is 0.375. The number of piperazine rings is 1. The monoisotopic (exact) mass is 628 g/mol. The van der Waals surface area contributed by atoms with Crippen LogP contribution in [0.2, 0.25) is 5.02 Å². The minimum Gasteiger partial charge on any atom is -0.478 e. The normalized spacial score (nSPS) is 14.4. The molecule has 0 spiro atoms. The summed E-state index contributed by atoms with van der Waals surface area (Å²) in [6, 6.07) is 6.14. The first-order valence-electron chi connectivity index (χ1n) is 11.5. The predicted octanol–water partition coefficient (Wildman–Crippen LogP) is 4.11. The van der Waals surface area contributed by atoms with Crippen LogP contribution in [0.5, 0.6) is 5.75 Å². The fourth-order valence-electron chi connectivity index (χ4n) is 4.03. The van der Waals surface area contributed by atoms with Gasteiger partial charge in [0.15, 0.2) is 18.2 Å². The lowest BCUT2D eigenvalue weighted by atomic mass is 10.1. The van der Waals surface area contributed by atoms with E-state index < -0.39 is 17.3 Å². The van der Waals surface area contributed by atoms with Gasteiger partial charge in [-0.3, -0.25) is 9.59 Å². The fourth-order valence-corrected chi connectivity index (χ4v) is 4.61. The molecule has 2 N–H and O–H groups in total. The minimum absolute atomic E-state index is 0.102. The van der Waals surface area contributed by atoms with Gasteiger partial charge in [0.2, 0.25) is 0 Å². The van der Waals surface area contributed by atoms with Crippen LogP contribution in [0.4, 0.5) is 21.6 Å². The molecular formula is C24H27ClFIN6O3. The molecule has 0 atom stereocenters. The number of benzene rings is 1. The van der Waals surface area contributed by atoms with Gasteiger partial charge in [0, 0.05) is 73.6 Å². The van der Waals surface area contributed by atoms with Crippen LogP contribution in [0.15, 0.2) is 35.3 Å². The van der Waals surface area contributed by atoms with Crippen LogP contribution < -0.4 is 25.8 Å². The number of nitrogens with one attached hydrogen (secondary N) is 2. The summed E-state index contributed by atoms with van der Waals surface area (Å²) in [6.45, 7) is 6.77. The molecule has 3 heterocycles. The van der Waals surface area contributed by atoms with Gasteiger partial charge in [0.25, 0.3) is 11.5 Å². The van der Waals surface area contributed by atoms with Crippen molar-refractivity contribution in [2.45, 2.75) is 19.9 Å². The highest BCUT2D eigenvalue weighted by molar-refractivity contribution is 14.1. The highest BCUT2D eigenvalue weighted by Gasteiger charge is 2.20. The zero-order valence-electron chi connectivity index (χ0n) is 20.1. The number of anilines is 3. The van der Waals surface area contributed by atoms with Crippen molar-refractivity contribution >= 4 is 68.5 Å². The second-order valence-electron chi connectivity index (χ2n) is 8.64. The molecule has 1 amide bonds. The van der Waals surface area contributed by atoms with E-state index in [2.05, 4.69) is 46.5 Å².